The summed E-state index contributed by atoms with van der Waals surface area (Å²) in [5.74, 6) is -1.06. The summed E-state index contributed by atoms with van der Waals surface area (Å²) < 4.78 is 18.7. The van der Waals surface area contributed by atoms with Crippen LogP contribution >= 0.6 is 11.6 Å². The Labute approximate surface area is 146 Å². The highest BCUT2D eigenvalue weighted by Gasteiger charge is 2.44. The van der Waals surface area contributed by atoms with E-state index in [-0.39, 0.29) is 5.56 Å². The maximum absolute atomic E-state index is 13.8. The molecule has 0 bridgehead atoms. The lowest BCUT2D eigenvalue weighted by molar-refractivity contribution is -0.153. The van der Waals surface area contributed by atoms with Crippen molar-refractivity contribution >= 4 is 23.5 Å². The Balaban J connectivity index is 2.16. The van der Waals surface area contributed by atoms with Crippen LogP contribution in [0.1, 0.15) is 50.0 Å². The zero-order valence-electron chi connectivity index (χ0n) is 14.0. The largest absolute Gasteiger partial charge is 0.467 e. The fraction of sp³-hybridized carbons (Fsp3) is 0.556. The third kappa shape index (κ3) is 3.89. The molecule has 0 aromatic heterocycles. The molecule has 0 aliphatic heterocycles. The smallest absolute Gasteiger partial charge is 0.331 e. The number of benzene rings is 1. The minimum Gasteiger partial charge on any atom is -0.467 e. The van der Waals surface area contributed by atoms with Crippen molar-refractivity contribution in [3.63, 3.8) is 0 Å². The molecule has 0 saturated heterocycles. The zero-order valence-corrected chi connectivity index (χ0v) is 14.7. The van der Waals surface area contributed by atoms with Gasteiger partial charge in [-0.05, 0) is 37.7 Å². The van der Waals surface area contributed by atoms with Gasteiger partial charge in [-0.1, -0.05) is 31.5 Å². The molecule has 6 heteroatoms. The molecule has 1 amide bonds. The van der Waals surface area contributed by atoms with Gasteiger partial charge in [0.05, 0.1) is 7.11 Å². The number of carbonyl (C=O) groups excluding carboxylic acids is 2. The fourth-order valence-corrected chi connectivity index (χ4v) is 3.51. The molecule has 0 spiro atoms. The van der Waals surface area contributed by atoms with Crippen LogP contribution in [0.25, 0.3) is 0 Å². The number of amides is 1. The summed E-state index contributed by atoms with van der Waals surface area (Å²) in [5.41, 5.74) is -0.977. The predicted octanol–water partition coefficient (Wildman–Crippen LogP) is 3.73. The van der Waals surface area contributed by atoms with Crippen LogP contribution in [0.15, 0.2) is 24.3 Å². The maximum atomic E-state index is 13.8. The van der Waals surface area contributed by atoms with E-state index in [1.807, 2.05) is 0 Å². The molecule has 2 rings (SSSR count). The van der Waals surface area contributed by atoms with Crippen molar-refractivity contribution in [2.45, 2.75) is 49.9 Å². The molecule has 1 aromatic rings. The van der Waals surface area contributed by atoms with E-state index < -0.39 is 28.6 Å². The number of ether oxygens (including phenoxy) is 1. The average Bonchev–Trinajstić information content (AvgIpc) is 2.61. The van der Waals surface area contributed by atoms with Gasteiger partial charge < -0.3 is 10.1 Å². The van der Waals surface area contributed by atoms with Crippen molar-refractivity contribution in [2.75, 3.05) is 7.11 Å². The highest BCUT2D eigenvalue weighted by molar-refractivity contribution is 6.31. The number of carbonyl (C=O) groups is 2. The van der Waals surface area contributed by atoms with Crippen molar-refractivity contribution in [2.24, 2.45) is 5.92 Å². The quantitative estimate of drug-likeness (QED) is 0.646. The standard InChI is InChI=1S/C18H23ClFNO3/c1-3-12-8-10-18(11-9-12,17(23)24-2)21-16(22)15(19)13-6-4-5-7-14(13)20/h4-7,12,15H,3,8-11H2,1-2H3,(H,21,22). The predicted molar refractivity (Wildman–Crippen MR) is 90.1 cm³/mol. The first kappa shape index (κ1) is 18.7. The van der Waals surface area contributed by atoms with Crippen LogP contribution in [-0.4, -0.2) is 24.5 Å². The van der Waals surface area contributed by atoms with E-state index in [2.05, 4.69) is 12.2 Å². The molecule has 1 aliphatic rings. The second kappa shape index (κ2) is 7.97. The Morgan fingerprint density at radius 1 is 1.38 bits per heavy atom. The molecule has 1 saturated carbocycles. The molecule has 4 nitrogen and oxygen atoms in total. The minimum absolute atomic E-state index is 0.0962. The molecule has 1 fully saturated rings. The summed E-state index contributed by atoms with van der Waals surface area (Å²) in [5, 5.41) is 1.54. The number of hydrogen-bond donors (Lipinski definition) is 1. The van der Waals surface area contributed by atoms with Gasteiger partial charge in [-0.25, -0.2) is 9.18 Å². The summed E-state index contributed by atoms with van der Waals surface area (Å²) in [4.78, 5) is 24.8. The lowest BCUT2D eigenvalue weighted by atomic mass is 9.75. The summed E-state index contributed by atoms with van der Waals surface area (Å²) in [6.07, 6.45) is 3.71. The van der Waals surface area contributed by atoms with Gasteiger partial charge in [0, 0.05) is 5.56 Å². The Morgan fingerprint density at radius 3 is 2.54 bits per heavy atom. The van der Waals surface area contributed by atoms with Crippen LogP contribution in [-0.2, 0) is 14.3 Å². The van der Waals surface area contributed by atoms with E-state index in [0.29, 0.717) is 18.8 Å². The zero-order chi connectivity index (χ0) is 17.7. The first-order valence-electron chi connectivity index (χ1n) is 8.22. The topological polar surface area (TPSA) is 55.4 Å². The van der Waals surface area contributed by atoms with Crippen LogP contribution < -0.4 is 5.32 Å². The Kier molecular flexibility index (Phi) is 6.21. The first-order chi connectivity index (χ1) is 11.4. The van der Waals surface area contributed by atoms with E-state index in [4.69, 9.17) is 16.3 Å². The van der Waals surface area contributed by atoms with Crippen molar-refractivity contribution in [3.8, 4) is 0 Å². The van der Waals surface area contributed by atoms with Gasteiger partial charge >= 0.3 is 5.97 Å². The third-order valence-electron chi connectivity index (χ3n) is 4.88. The van der Waals surface area contributed by atoms with Gasteiger partial charge in [0.25, 0.3) is 0 Å². The lowest BCUT2D eigenvalue weighted by Gasteiger charge is -2.38. The van der Waals surface area contributed by atoms with Crippen LogP contribution in [0.3, 0.4) is 0 Å². The molecular formula is C18H23ClFNO3. The van der Waals surface area contributed by atoms with Crippen LogP contribution in [0.5, 0.6) is 0 Å². The second-order valence-corrected chi connectivity index (χ2v) is 6.74. The van der Waals surface area contributed by atoms with E-state index >= 15 is 0 Å². The van der Waals surface area contributed by atoms with Crippen molar-refractivity contribution in [1.82, 2.24) is 5.32 Å². The summed E-state index contributed by atoms with van der Waals surface area (Å²) >= 11 is 6.14. The van der Waals surface area contributed by atoms with Gasteiger partial charge in [-0.15, -0.1) is 11.6 Å². The third-order valence-corrected chi connectivity index (χ3v) is 5.32. The average molecular weight is 356 g/mol. The molecule has 1 atom stereocenters. The normalized spacial score (nSPS) is 24.9. The van der Waals surface area contributed by atoms with E-state index in [1.165, 1.54) is 25.3 Å². The second-order valence-electron chi connectivity index (χ2n) is 6.30. The van der Waals surface area contributed by atoms with Gasteiger partial charge in [-0.3, -0.25) is 4.79 Å². The molecule has 1 unspecified atom stereocenters. The van der Waals surface area contributed by atoms with Crippen molar-refractivity contribution in [3.05, 3.63) is 35.6 Å². The number of methoxy groups -OCH3 is 1. The van der Waals surface area contributed by atoms with Crippen molar-refractivity contribution in [1.29, 1.82) is 0 Å². The molecule has 1 aliphatic carbocycles. The Morgan fingerprint density at radius 2 is 2.00 bits per heavy atom. The fourth-order valence-electron chi connectivity index (χ4n) is 3.28. The molecular weight excluding hydrogens is 333 g/mol. The highest BCUT2D eigenvalue weighted by Crippen LogP contribution is 2.35. The Bertz CT molecular complexity index is 600. The van der Waals surface area contributed by atoms with Crippen molar-refractivity contribution < 1.29 is 18.7 Å². The van der Waals surface area contributed by atoms with Crippen LogP contribution in [0.4, 0.5) is 4.39 Å². The van der Waals surface area contributed by atoms with E-state index in [9.17, 15) is 14.0 Å². The number of halogens is 2. The summed E-state index contributed by atoms with van der Waals surface area (Å²) in [6.45, 7) is 2.11. The van der Waals surface area contributed by atoms with E-state index in [0.717, 1.165) is 19.3 Å². The first-order valence-corrected chi connectivity index (χ1v) is 8.66. The molecule has 132 valence electrons. The molecule has 0 heterocycles. The number of hydrogen-bond acceptors (Lipinski definition) is 3. The number of alkyl halides is 1. The van der Waals surface area contributed by atoms with Gasteiger partial charge in [-0.2, -0.15) is 0 Å². The van der Waals surface area contributed by atoms with E-state index in [1.54, 1.807) is 6.07 Å². The molecule has 1 N–H and O–H groups in total. The number of nitrogens with one attached hydrogen (secondary N) is 1. The Hall–Kier alpha value is -1.62. The maximum Gasteiger partial charge on any atom is 0.331 e. The highest BCUT2D eigenvalue weighted by atomic mass is 35.5. The lowest BCUT2D eigenvalue weighted by Crippen LogP contribution is -2.57. The number of esters is 1. The molecule has 24 heavy (non-hydrogen) atoms. The number of rotatable bonds is 5. The van der Waals surface area contributed by atoms with Gasteiger partial charge in [0.15, 0.2) is 0 Å². The van der Waals surface area contributed by atoms with Crippen LogP contribution in [0.2, 0.25) is 0 Å². The molecule has 1 aromatic carbocycles. The SMILES string of the molecule is CCC1CCC(NC(=O)C(Cl)c2ccccc2F)(C(=O)OC)CC1. The molecule has 0 radical (unpaired) electrons. The van der Waals surface area contributed by atoms with Crippen LogP contribution in [0, 0.1) is 11.7 Å². The summed E-state index contributed by atoms with van der Waals surface area (Å²) in [7, 11) is 1.30. The van der Waals surface area contributed by atoms with Gasteiger partial charge in [0.2, 0.25) is 5.91 Å². The van der Waals surface area contributed by atoms with Gasteiger partial charge in [0.1, 0.15) is 16.7 Å². The monoisotopic (exact) mass is 355 g/mol. The minimum atomic E-state index is -1.20. The summed E-state index contributed by atoms with van der Waals surface area (Å²) in [6, 6.07) is 5.86.